The molecule has 4 nitrogen and oxygen atoms in total. The van der Waals surface area contributed by atoms with Crippen LogP contribution in [0.3, 0.4) is 0 Å². The van der Waals surface area contributed by atoms with Gasteiger partial charge in [-0.25, -0.2) is 18.9 Å². The fourth-order valence-corrected chi connectivity index (χ4v) is 1.70. The van der Waals surface area contributed by atoms with Crippen molar-refractivity contribution in [3.63, 3.8) is 0 Å². The quantitative estimate of drug-likeness (QED) is 0.641. The number of fused-ring (bicyclic) bond motifs is 1. The lowest BCUT2D eigenvalue weighted by atomic mass is 10.3. The summed E-state index contributed by atoms with van der Waals surface area (Å²) in [4.78, 5) is 8.32. The minimum absolute atomic E-state index is 0.368. The average molecular weight is 228 g/mol. The maximum absolute atomic E-state index is 12.8. The third kappa shape index (κ3) is 1.65. The van der Waals surface area contributed by atoms with Crippen LogP contribution in [0.15, 0.2) is 36.7 Å². The second kappa shape index (κ2) is 3.62. The highest BCUT2D eigenvalue weighted by Gasteiger charge is 2.07. The molecule has 0 spiro atoms. The summed E-state index contributed by atoms with van der Waals surface area (Å²) in [6.45, 7) is 1.91. The van der Waals surface area contributed by atoms with Crippen molar-refractivity contribution in [2.75, 3.05) is 0 Å². The van der Waals surface area contributed by atoms with Crippen molar-refractivity contribution < 1.29 is 4.39 Å². The van der Waals surface area contributed by atoms with Gasteiger partial charge in [-0.05, 0) is 31.2 Å². The Balaban J connectivity index is 2.20. The van der Waals surface area contributed by atoms with Gasteiger partial charge in [0.1, 0.15) is 11.5 Å². The second-order valence-electron chi connectivity index (χ2n) is 3.72. The predicted molar refractivity (Wildman–Crippen MR) is 60.9 cm³/mol. The molecule has 0 saturated carbocycles. The fourth-order valence-electron chi connectivity index (χ4n) is 1.70. The van der Waals surface area contributed by atoms with Gasteiger partial charge in [-0.2, -0.15) is 0 Å². The third-order valence-electron chi connectivity index (χ3n) is 2.53. The number of hydrogen-bond donors (Lipinski definition) is 0. The zero-order chi connectivity index (χ0) is 11.8. The van der Waals surface area contributed by atoms with Crippen LogP contribution in [-0.2, 0) is 0 Å². The molecule has 5 heteroatoms. The number of aromatic nitrogens is 4. The van der Waals surface area contributed by atoms with E-state index in [1.165, 1.54) is 6.07 Å². The van der Waals surface area contributed by atoms with Crippen LogP contribution in [0, 0.1) is 12.7 Å². The van der Waals surface area contributed by atoms with Gasteiger partial charge in [0.05, 0.1) is 17.4 Å². The Hall–Kier alpha value is -2.30. The van der Waals surface area contributed by atoms with Crippen molar-refractivity contribution in [2.24, 2.45) is 0 Å². The molecule has 0 atom stereocenters. The predicted octanol–water partition coefficient (Wildman–Crippen LogP) is 2.24. The molecule has 3 aromatic rings. The molecule has 0 radical (unpaired) electrons. The first-order valence-corrected chi connectivity index (χ1v) is 5.18. The molecule has 0 fully saturated rings. The van der Waals surface area contributed by atoms with Gasteiger partial charge in [-0.15, -0.1) is 5.10 Å². The van der Waals surface area contributed by atoms with E-state index in [2.05, 4.69) is 15.1 Å². The van der Waals surface area contributed by atoms with Crippen molar-refractivity contribution >= 4 is 5.52 Å². The molecule has 0 bridgehead atoms. The van der Waals surface area contributed by atoms with Gasteiger partial charge in [0.15, 0.2) is 5.82 Å². The lowest BCUT2D eigenvalue weighted by molar-refractivity contribution is 0.621. The highest BCUT2D eigenvalue weighted by atomic mass is 19.1. The van der Waals surface area contributed by atoms with Gasteiger partial charge in [0.2, 0.25) is 0 Å². The summed E-state index contributed by atoms with van der Waals surface area (Å²) in [5.74, 6) is 0.124. The minimum atomic E-state index is -0.368. The molecule has 3 rings (SSSR count). The normalized spacial score (nSPS) is 10.9. The number of rotatable bonds is 1. The van der Waals surface area contributed by atoms with Crippen LogP contribution in [0.25, 0.3) is 17.0 Å². The molecule has 0 saturated heterocycles. The highest BCUT2D eigenvalue weighted by molar-refractivity contribution is 5.55. The molecule has 3 heterocycles. The molecule has 0 N–H and O–H groups in total. The van der Waals surface area contributed by atoms with Crippen molar-refractivity contribution in [3.8, 4) is 11.5 Å². The van der Waals surface area contributed by atoms with E-state index < -0.39 is 0 Å². The summed E-state index contributed by atoms with van der Waals surface area (Å²) in [7, 11) is 0. The van der Waals surface area contributed by atoms with E-state index in [4.69, 9.17) is 0 Å². The largest absolute Gasteiger partial charge is 0.250 e. The fraction of sp³-hybridized carbons (Fsp3) is 0.0833. The van der Waals surface area contributed by atoms with Gasteiger partial charge in [-0.3, -0.25) is 0 Å². The number of pyridine rings is 1. The van der Waals surface area contributed by atoms with Crippen LogP contribution >= 0.6 is 0 Å². The smallest absolute Gasteiger partial charge is 0.198 e. The first-order chi connectivity index (χ1) is 8.24. The average Bonchev–Trinajstić information content (AvgIpc) is 2.78. The lowest BCUT2D eigenvalue weighted by Crippen LogP contribution is -2.01. The SMILES string of the molecule is Cc1nc(-c2ccc(F)cn2)nn2cccc12. The van der Waals surface area contributed by atoms with Crippen LogP contribution in [-0.4, -0.2) is 19.6 Å². The Morgan fingerprint density at radius 2 is 2.12 bits per heavy atom. The van der Waals surface area contributed by atoms with Gasteiger partial charge >= 0.3 is 0 Å². The Morgan fingerprint density at radius 3 is 2.88 bits per heavy atom. The Labute approximate surface area is 96.8 Å². The summed E-state index contributed by atoms with van der Waals surface area (Å²) in [6.07, 6.45) is 3.00. The molecule has 0 amide bonds. The second-order valence-corrected chi connectivity index (χ2v) is 3.72. The molecular formula is C12H9FN4. The molecular weight excluding hydrogens is 219 g/mol. The van der Waals surface area contributed by atoms with Gasteiger partial charge in [0.25, 0.3) is 0 Å². The zero-order valence-electron chi connectivity index (χ0n) is 9.13. The van der Waals surface area contributed by atoms with Gasteiger partial charge in [-0.1, -0.05) is 0 Å². The Morgan fingerprint density at radius 1 is 1.24 bits per heavy atom. The zero-order valence-corrected chi connectivity index (χ0v) is 9.13. The van der Waals surface area contributed by atoms with Crippen LogP contribution in [0.5, 0.6) is 0 Å². The van der Waals surface area contributed by atoms with Crippen molar-refractivity contribution in [3.05, 3.63) is 48.2 Å². The monoisotopic (exact) mass is 228 g/mol. The molecule has 84 valence electrons. The summed E-state index contributed by atoms with van der Waals surface area (Å²) in [5.41, 5.74) is 2.38. The van der Waals surface area contributed by atoms with E-state index >= 15 is 0 Å². The maximum atomic E-state index is 12.8. The van der Waals surface area contributed by atoms with Crippen LogP contribution in [0.4, 0.5) is 4.39 Å². The van der Waals surface area contributed by atoms with Crippen LogP contribution < -0.4 is 0 Å². The van der Waals surface area contributed by atoms with E-state index in [1.807, 2.05) is 25.3 Å². The standard InChI is InChI=1S/C12H9FN4/c1-8-11-3-2-6-17(11)16-12(15-8)10-5-4-9(13)7-14-10/h2-7H,1H3. The molecule has 0 aliphatic rings. The van der Waals surface area contributed by atoms with Crippen LogP contribution in [0.1, 0.15) is 5.69 Å². The van der Waals surface area contributed by atoms with E-state index in [-0.39, 0.29) is 5.82 Å². The Kier molecular flexibility index (Phi) is 2.11. The molecule has 0 aromatic carbocycles. The minimum Gasteiger partial charge on any atom is -0.250 e. The first-order valence-electron chi connectivity index (χ1n) is 5.18. The van der Waals surface area contributed by atoms with Gasteiger partial charge in [0, 0.05) is 6.20 Å². The third-order valence-corrected chi connectivity index (χ3v) is 2.53. The number of nitrogens with zero attached hydrogens (tertiary/aromatic N) is 4. The van der Waals surface area contributed by atoms with E-state index in [0.29, 0.717) is 11.5 Å². The number of halogens is 1. The molecule has 17 heavy (non-hydrogen) atoms. The topological polar surface area (TPSA) is 43.1 Å². The van der Waals surface area contributed by atoms with E-state index in [1.54, 1.807) is 10.6 Å². The van der Waals surface area contributed by atoms with Crippen molar-refractivity contribution in [1.82, 2.24) is 19.6 Å². The number of hydrogen-bond acceptors (Lipinski definition) is 3. The molecule has 3 aromatic heterocycles. The summed E-state index contributed by atoms with van der Waals surface area (Å²) < 4.78 is 14.5. The molecule has 0 aliphatic carbocycles. The molecule has 0 unspecified atom stereocenters. The van der Waals surface area contributed by atoms with E-state index in [0.717, 1.165) is 17.4 Å². The molecule has 0 aliphatic heterocycles. The summed E-state index contributed by atoms with van der Waals surface area (Å²) >= 11 is 0. The number of aryl methyl sites for hydroxylation is 1. The first kappa shape index (κ1) is 9.89. The van der Waals surface area contributed by atoms with E-state index in [9.17, 15) is 4.39 Å². The van der Waals surface area contributed by atoms with Gasteiger partial charge < -0.3 is 0 Å². The summed E-state index contributed by atoms with van der Waals surface area (Å²) in [5, 5.41) is 4.32. The van der Waals surface area contributed by atoms with Crippen LogP contribution in [0.2, 0.25) is 0 Å². The highest BCUT2D eigenvalue weighted by Crippen LogP contribution is 2.15. The van der Waals surface area contributed by atoms with Crippen molar-refractivity contribution in [1.29, 1.82) is 0 Å². The summed E-state index contributed by atoms with van der Waals surface area (Å²) in [6, 6.07) is 6.76. The lowest BCUT2D eigenvalue weighted by Gasteiger charge is -2.03. The maximum Gasteiger partial charge on any atom is 0.198 e. The Bertz CT molecular complexity index is 673. The van der Waals surface area contributed by atoms with Crippen molar-refractivity contribution in [2.45, 2.75) is 6.92 Å².